The van der Waals surface area contributed by atoms with Gasteiger partial charge >= 0.3 is 5.97 Å². The summed E-state index contributed by atoms with van der Waals surface area (Å²) in [4.78, 5) is 23.7. The summed E-state index contributed by atoms with van der Waals surface area (Å²) in [5.41, 5.74) is 5.37. The van der Waals surface area contributed by atoms with Crippen LogP contribution in [0.5, 0.6) is 0 Å². The number of aliphatic carboxylic acids is 1. The monoisotopic (exact) mass is 230 g/mol. The Hall–Kier alpha value is -1.10. The molecule has 0 bridgehead atoms. The molecule has 5 nitrogen and oxygen atoms in total. The van der Waals surface area contributed by atoms with Gasteiger partial charge in [-0.25, -0.2) is 0 Å². The summed E-state index contributed by atoms with van der Waals surface area (Å²) in [7, 11) is 0. The third-order valence-electron chi connectivity index (χ3n) is 2.23. The molecule has 0 aromatic rings. The predicted octanol–water partition coefficient (Wildman–Crippen LogP) is 0.826. The van der Waals surface area contributed by atoms with Crippen molar-refractivity contribution >= 4 is 11.9 Å². The van der Waals surface area contributed by atoms with Crippen molar-refractivity contribution in [1.82, 2.24) is 4.90 Å². The van der Waals surface area contributed by atoms with Gasteiger partial charge in [0.1, 0.15) is 6.54 Å². The molecule has 3 N–H and O–H groups in total. The van der Waals surface area contributed by atoms with E-state index in [9.17, 15) is 9.59 Å². The van der Waals surface area contributed by atoms with E-state index in [-0.39, 0.29) is 24.9 Å². The summed E-state index contributed by atoms with van der Waals surface area (Å²) in [6.45, 7) is 7.04. The molecule has 0 atom stereocenters. The second-order valence-electron chi connectivity index (χ2n) is 5.00. The lowest BCUT2D eigenvalue weighted by Crippen LogP contribution is -2.42. The maximum atomic E-state index is 11.8. The zero-order chi connectivity index (χ0) is 12.9. The number of rotatable bonds is 6. The van der Waals surface area contributed by atoms with Gasteiger partial charge < -0.3 is 15.7 Å². The lowest BCUT2D eigenvalue weighted by Gasteiger charge is -2.26. The summed E-state index contributed by atoms with van der Waals surface area (Å²) < 4.78 is 0. The Morgan fingerprint density at radius 2 is 1.88 bits per heavy atom. The third kappa shape index (κ3) is 6.40. The zero-order valence-corrected chi connectivity index (χ0v) is 10.5. The fourth-order valence-electron chi connectivity index (χ4n) is 1.28. The summed E-state index contributed by atoms with van der Waals surface area (Å²) in [5, 5.41) is 8.69. The van der Waals surface area contributed by atoms with Crippen molar-refractivity contribution in [3.63, 3.8) is 0 Å². The van der Waals surface area contributed by atoms with Crippen molar-refractivity contribution in [2.24, 2.45) is 5.73 Å². The minimum Gasteiger partial charge on any atom is -0.480 e. The van der Waals surface area contributed by atoms with Crippen LogP contribution in [0.4, 0.5) is 0 Å². The van der Waals surface area contributed by atoms with Crippen LogP contribution in [0.1, 0.15) is 40.5 Å². The first-order valence-corrected chi connectivity index (χ1v) is 5.43. The van der Waals surface area contributed by atoms with E-state index >= 15 is 0 Å². The number of carboxylic acid groups (broad SMARTS) is 1. The van der Waals surface area contributed by atoms with Crippen molar-refractivity contribution in [2.75, 3.05) is 6.54 Å². The highest BCUT2D eigenvalue weighted by atomic mass is 16.4. The highest BCUT2D eigenvalue weighted by Crippen LogP contribution is 2.10. The maximum absolute atomic E-state index is 11.8. The van der Waals surface area contributed by atoms with Crippen molar-refractivity contribution < 1.29 is 14.7 Å². The molecule has 0 aromatic heterocycles. The first-order valence-electron chi connectivity index (χ1n) is 5.43. The number of carboxylic acids is 1. The van der Waals surface area contributed by atoms with Gasteiger partial charge in [-0.1, -0.05) is 0 Å². The lowest BCUT2D eigenvalue weighted by molar-refractivity contribution is -0.145. The van der Waals surface area contributed by atoms with Crippen LogP contribution < -0.4 is 5.73 Å². The van der Waals surface area contributed by atoms with E-state index in [1.165, 1.54) is 4.90 Å². The van der Waals surface area contributed by atoms with Crippen LogP contribution in [0.3, 0.4) is 0 Å². The largest absolute Gasteiger partial charge is 0.480 e. The van der Waals surface area contributed by atoms with Crippen molar-refractivity contribution in [2.45, 2.75) is 52.1 Å². The van der Waals surface area contributed by atoms with E-state index in [0.717, 1.165) is 0 Å². The molecule has 0 heterocycles. The fraction of sp³-hybridized carbons (Fsp3) is 0.818. The van der Waals surface area contributed by atoms with E-state index in [1.807, 2.05) is 13.8 Å². The molecule has 0 saturated carbocycles. The molecular formula is C11H22N2O3. The topological polar surface area (TPSA) is 83.6 Å². The van der Waals surface area contributed by atoms with Gasteiger partial charge in [-0.3, -0.25) is 9.59 Å². The van der Waals surface area contributed by atoms with Crippen LogP contribution in [-0.2, 0) is 9.59 Å². The number of carbonyl (C=O) groups excluding carboxylic acids is 1. The van der Waals surface area contributed by atoms with E-state index in [0.29, 0.717) is 6.42 Å². The molecule has 0 radical (unpaired) electrons. The molecular weight excluding hydrogens is 208 g/mol. The molecule has 0 aliphatic carbocycles. The summed E-state index contributed by atoms with van der Waals surface area (Å²) >= 11 is 0. The average Bonchev–Trinajstić information content (AvgIpc) is 2.08. The van der Waals surface area contributed by atoms with Crippen molar-refractivity contribution in [3.05, 3.63) is 0 Å². The van der Waals surface area contributed by atoms with E-state index in [1.54, 1.807) is 13.8 Å². The summed E-state index contributed by atoms with van der Waals surface area (Å²) in [5.74, 6) is -1.15. The Bertz CT molecular complexity index is 256. The molecule has 0 fully saturated rings. The van der Waals surface area contributed by atoms with Crippen molar-refractivity contribution in [1.29, 1.82) is 0 Å². The Morgan fingerprint density at radius 3 is 2.19 bits per heavy atom. The van der Waals surface area contributed by atoms with E-state index in [2.05, 4.69) is 0 Å². The molecule has 0 aromatic carbocycles. The van der Waals surface area contributed by atoms with Gasteiger partial charge in [0.05, 0.1) is 0 Å². The number of hydrogen-bond donors (Lipinski definition) is 2. The smallest absolute Gasteiger partial charge is 0.323 e. The van der Waals surface area contributed by atoms with Crippen LogP contribution in [0.2, 0.25) is 0 Å². The first-order chi connectivity index (χ1) is 7.13. The lowest BCUT2D eigenvalue weighted by atomic mass is 9.99. The standard InChI is InChI=1S/C11H22N2O3/c1-8(2)13(7-10(15)16)9(14)5-6-11(3,4)12/h8H,5-7,12H2,1-4H3,(H,15,16). The van der Waals surface area contributed by atoms with Crippen LogP contribution in [0, 0.1) is 0 Å². The molecule has 0 aliphatic rings. The van der Waals surface area contributed by atoms with Crippen LogP contribution >= 0.6 is 0 Å². The highest BCUT2D eigenvalue weighted by Gasteiger charge is 2.21. The third-order valence-corrected chi connectivity index (χ3v) is 2.23. The van der Waals surface area contributed by atoms with Gasteiger partial charge in [0.2, 0.25) is 5.91 Å². The van der Waals surface area contributed by atoms with Gasteiger partial charge in [-0.2, -0.15) is 0 Å². The fourth-order valence-corrected chi connectivity index (χ4v) is 1.28. The molecule has 0 saturated heterocycles. The molecule has 5 heteroatoms. The minimum absolute atomic E-state index is 0.107. The Kier molecular flexibility index (Phi) is 5.44. The molecule has 0 aliphatic heterocycles. The quantitative estimate of drug-likeness (QED) is 0.707. The van der Waals surface area contributed by atoms with Crippen LogP contribution in [0.25, 0.3) is 0 Å². The van der Waals surface area contributed by atoms with E-state index in [4.69, 9.17) is 10.8 Å². The molecule has 0 spiro atoms. The van der Waals surface area contributed by atoms with E-state index < -0.39 is 11.5 Å². The summed E-state index contributed by atoms with van der Waals surface area (Å²) in [6, 6.07) is -0.107. The van der Waals surface area contributed by atoms with Gasteiger partial charge in [0.25, 0.3) is 0 Å². The van der Waals surface area contributed by atoms with Gasteiger partial charge in [-0.05, 0) is 34.1 Å². The van der Waals surface area contributed by atoms with Gasteiger partial charge in [-0.15, -0.1) is 0 Å². The molecule has 94 valence electrons. The van der Waals surface area contributed by atoms with Crippen LogP contribution in [0.15, 0.2) is 0 Å². The summed E-state index contributed by atoms with van der Waals surface area (Å²) in [6.07, 6.45) is 0.837. The van der Waals surface area contributed by atoms with Gasteiger partial charge in [0.15, 0.2) is 0 Å². The predicted molar refractivity (Wildman–Crippen MR) is 62.0 cm³/mol. The van der Waals surface area contributed by atoms with Crippen LogP contribution in [-0.4, -0.2) is 40.0 Å². The maximum Gasteiger partial charge on any atom is 0.323 e. The number of carbonyl (C=O) groups is 2. The van der Waals surface area contributed by atoms with Gasteiger partial charge in [0, 0.05) is 18.0 Å². The molecule has 0 rings (SSSR count). The molecule has 1 amide bonds. The highest BCUT2D eigenvalue weighted by molar-refractivity contribution is 5.81. The Morgan fingerprint density at radius 1 is 1.38 bits per heavy atom. The second kappa shape index (κ2) is 5.84. The van der Waals surface area contributed by atoms with Crippen molar-refractivity contribution in [3.8, 4) is 0 Å². The number of nitrogens with zero attached hydrogens (tertiary/aromatic N) is 1. The number of hydrogen-bond acceptors (Lipinski definition) is 3. The molecule has 16 heavy (non-hydrogen) atoms. The Balaban J connectivity index is 4.34. The second-order valence-corrected chi connectivity index (χ2v) is 5.00. The minimum atomic E-state index is -0.992. The average molecular weight is 230 g/mol. The zero-order valence-electron chi connectivity index (χ0n) is 10.5. The number of amides is 1. The number of nitrogens with two attached hydrogens (primary N) is 1. The molecule has 0 unspecified atom stereocenters. The first kappa shape index (κ1) is 14.9. The SMILES string of the molecule is CC(C)N(CC(=O)O)C(=O)CCC(C)(C)N. The normalized spacial score (nSPS) is 11.6. The Labute approximate surface area is 96.6 Å².